The van der Waals surface area contributed by atoms with Crippen LogP contribution in [-0.2, 0) is 0 Å². The maximum absolute atomic E-state index is 9.10. The lowest BCUT2D eigenvalue weighted by molar-refractivity contribution is 0.268. The van der Waals surface area contributed by atoms with Gasteiger partial charge in [-0.05, 0) is 30.4 Å². The molecule has 0 aliphatic carbocycles. The number of ether oxygens (including phenoxy) is 2. The van der Waals surface area contributed by atoms with Crippen LogP contribution in [0.25, 0.3) is 0 Å². The quantitative estimate of drug-likeness (QED) is 0.694. The Labute approximate surface area is 102 Å². The number of benzene rings is 1. The average Bonchev–Trinajstić information content (AvgIpc) is 2.34. The van der Waals surface area contributed by atoms with Gasteiger partial charge in [0, 0.05) is 0 Å². The lowest BCUT2D eigenvalue weighted by atomic mass is 9.80. The minimum Gasteiger partial charge on any atom is -0.490 e. The largest absolute Gasteiger partial charge is 0.490 e. The number of rotatable bonds is 7. The van der Waals surface area contributed by atoms with Gasteiger partial charge >= 0.3 is 7.12 Å². The van der Waals surface area contributed by atoms with E-state index in [4.69, 9.17) is 19.5 Å². The van der Waals surface area contributed by atoms with Crippen LogP contribution in [0.5, 0.6) is 11.5 Å². The molecule has 5 heteroatoms. The highest BCUT2D eigenvalue weighted by atomic mass is 16.5. The molecular weight excluding hydrogens is 219 g/mol. The van der Waals surface area contributed by atoms with Crippen molar-refractivity contribution in [1.29, 1.82) is 0 Å². The Morgan fingerprint density at radius 2 is 1.59 bits per heavy atom. The van der Waals surface area contributed by atoms with Gasteiger partial charge in [0.05, 0.1) is 13.2 Å². The standard InChI is InChI=1S/C12H19BO4/c1-3-7-16-11-6-5-10(13(14)15)9-12(11)17-8-4-2/h5-6,9,14-15H,3-4,7-8H2,1-2H3. The van der Waals surface area contributed by atoms with Crippen molar-refractivity contribution in [3.63, 3.8) is 0 Å². The number of hydrogen-bond donors (Lipinski definition) is 2. The fourth-order valence-corrected chi connectivity index (χ4v) is 1.34. The van der Waals surface area contributed by atoms with Crippen LogP contribution in [0.15, 0.2) is 18.2 Å². The van der Waals surface area contributed by atoms with Gasteiger partial charge in [0.15, 0.2) is 11.5 Å². The van der Waals surface area contributed by atoms with Gasteiger partial charge in [-0.1, -0.05) is 19.9 Å². The molecule has 0 bridgehead atoms. The van der Waals surface area contributed by atoms with Crippen molar-refractivity contribution < 1.29 is 19.5 Å². The van der Waals surface area contributed by atoms with E-state index in [2.05, 4.69) is 0 Å². The minimum absolute atomic E-state index is 0.403. The van der Waals surface area contributed by atoms with E-state index < -0.39 is 7.12 Å². The maximum Gasteiger partial charge on any atom is 0.488 e. The Morgan fingerprint density at radius 3 is 2.12 bits per heavy atom. The minimum atomic E-state index is -1.49. The van der Waals surface area contributed by atoms with Gasteiger partial charge in [0.2, 0.25) is 0 Å². The van der Waals surface area contributed by atoms with Crippen LogP contribution in [0, 0.1) is 0 Å². The molecule has 4 nitrogen and oxygen atoms in total. The molecule has 0 aromatic heterocycles. The zero-order chi connectivity index (χ0) is 12.7. The lowest BCUT2D eigenvalue weighted by Gasteiger charge is -2.13. The highest BCUT2D eigenvalue weighted by Crippen LogP contribution is 2.26. The predicted molar refractivity (Wildman–Crippen MR) is 67.8 cm³/mol. The van der Waals surface area contributed by atoms with Crippen LogP contribution in [0.3, 0.4) is 0 Å². The third-order valence-corrected chi connectivity index (χ3v) is 2.19. The molecule has 17 heavy (non-hydrogen) atoms. The van der Waals surface area contributed by atoms with Gasteiger partial charge in [-0.2, -0.15) is 0 Å². The van der Waals surface area contributed by atoms with Crippen molar-refractivity contribution >= 4 is 12.6 Å². The molecule has 0 saturated carbocycles. The summed E-state index contributed by atoms with van der Waals surface area (Å²) < 4.78 is 11.1. The monoisotopic (exact) mass is 238 g/mol. The molecule has 1 aromatic rings. The van der Waals surface area contributed by atoms with Crippen molar-refractivity contribution in [2.45, 2.75) is 26.7 Å². The van der Waals surface area contributed by atoms with E-state index in [-0.39, 0.29) is 0 Å². The maximum atomic E-state index is 9.10. The Morgan fingerprint density at radius 1 is 1.00 bits per heavy atom. The van der Waals surface area contributed by atoms with Crippen molar-refractivity contribution in [2.24, 2.45) is 0 Å². The first kappa shape index (κ1) is 13.9. The highest BCUT2D eigenvalue weighted by molar-refractivity contribution is 6.58. The summed E-state index contributed by atoms with van der Waals surface area (Å²) in [5, 5.41) is 18.2. The Balaban J connectivity index is 2.86. The summed E-state index contributed by atoms with van der Waals surface area (Å²) in [6, 6.07) is 4.93. The third-order valence-electron chi connectivity index (χ3n) is 2.19. The van der Waals surface area contributed by atoms with Crippen molar-refractivity contribution in [2.75, 3.05) is 13.2 Å². The highest BCUT2D eigenvalue weighted by Gasteiger charge is 2.14. The first-order chi connectivity index (χ1) is 8.19. The summed E-state index contributed by atoms with van der Waals surface area (Å²) >= 11 is 0. The first-order valence-corrected chi connectivity index (χ1v) is 5.94. The van der Waals surface area contributed by atoms with E-state index in [1.54, 1.807) is 18.2 Å². The third kappa shape index (κ3) is 4.28. The lowest BCUT2D eigenvalue weighted by Crippen LogP contribution is -2.29. The smallest absolute Gasteiger partial charge is 0.488 e. The molecule has 0 radical (unpaired) electrons. The first-order valence-electron chi connectivity index (χ1n) is 5.94. The summed E-state index contributed by atoms with van der Waals surface area (Å²) in [4.78, 5) is 0. The van der Waals surface area contributed by atoms with Crippen LogP contribution < -0.4 is 14.9 Å². The molecule has 0 spiro atoms. The number of hydrogen-bond acceptors (Lipinski definition) is 4. The second kappa shape index (κ2) is 7.19. The molecule has 0 unspecified atom stereocenters. The van der Waals surface area contributed by atoms with E-state index in [9.17, 15) is 0 Å². The fourth-order valence-electron chi connectivity index (χ4n) is 1.34. The molecular formula is C12H19BO4. The van der Waals surface area contributed by atoms with Crippen LogP contribution in [0.4, 0.5) is 0 Å². The zero-order valence-corrected chi connectivity index (χ0v) is 10.3. The molecule has 1 aromatic carbocycles. The van der Waals surface area contributed by atoms with E-state index in [1.165, 1.54) is 0 Å². The molecule has 94 valence electrons. The molecule has 2 N–H and O–H groups in total. The fraction of sp³-hybridized carbons (Fsp3) is 0.500. The van der Waals surface area contributed by atoms with Crippen molar-refractivity contribution in [3.8, 4) is 11.5 Å². The molecule has 0 amide bonds. The average molecular weight is 238 g/mol. The second-order valence-electron chi connectivity index (χ2n) is 3.78. The van der Waals surface area contributed by atoms with Crippen LogP contribution in [0.1, 0.15) is 26.7 Å². The van der Waals surface area contributed by atoms with Gasteiger partial charge in [-0.25, -0.2) is 0 Å². The summed E-state index contributed by atoms with van der Waals surface area (Å²) in [5.74, 6) is 1.20. The predicted octanol–water partition coefficient (Wildman–Crippen LogP) is 0.944. The normalized spacial score (nSPS) is 10.1. The molecule has 0 aliphatic rings. The topological polar surface area (TPSA) is 58.9 Å². The van der Waals surface area contributed by atoms with Gasteiger partial charge in [-0.15, -0.1) is 0 Å². The van der Waals surface area contributed by atoms with Gasteiger partial charge < -0.3 is 19.5 Å². The Hall–Kier alpha value is -1.20. The SMILES string of the molecule is CCCOc1ccc(B(O)O)cc1OCCC. The van der Waals surface area contributed by atoms with E-state index in [0.29, 0.717) is 30.2 Å². The van der Waals surface area contributed by atoms with E-state index >= 15 is 0 Å². The molecule has 0 saturated heterocycles. The Kier molecular flexibility index (Phi) is 5.87. The van der Waals surface area contributed by atoms with Crippen molar-refractivity contribution in [3.05, 3.63) is 18.2 Å². The molecule has 1 rings (SSSR count). The zero-order valence-electron chi connectivity index (χ0n) is 10.3. The summed E-state index contributed by atoms with van der Waals surface area (Å²) in [5.41, 5.74) is 0.403. The van der Waals surface area contributed by atoms with Crippen LogP contribution in [-0.4, -0.2) is 30.4 Å². The summed E-state index contributed by atoms with van der Waals surface area (Å²) in [7, 11) is -1.49. The summed E-state index contributed by atoms with van der Waals surface area (Å²) in [6.07, 6.45) is 1.80. The van der Waals surface area contributed by atoms with Gasteiger partial charge in [0.1, 0.15) is 0 Å². The summed E-state index contributed by atoms with van der Waals surface area (Å²) in [6.45, 7) is 5.23. The van der Waals surface area contributed by atoms with Gasteiger partial charge in [-0.3, -0.25) is 0 Å². The second-order valence-corrected chi connectivity index (χ2v) is 3.78. The molecule has 0 fully saturated rings. The molecule has 0 aliphatic heterocycles. The van der Waals surface area contributed by atoms with Crippen molar-refractivity contribution in [1.82, 2.24) is 0 Å². The van der Waals surface area contributed by atoms with Crippen LogP contribution in [0.2, 0.25) is 0 Å². The molecule has 0 atom stereocenters. The van der Waals surface area contributed by atoms with E-state index in [0.717, 1.165) is 12.8 Å². The molecule has 0 heterocycles. The van der Waals surface area contributed by atoms with E-state index in [1.807, 2.05) is 13.8 Å². The Bertz CT molecular complexity index is 341. The van der Waals surface area contributed by atoms with Crippen LogP contribution >= 0.6 is 0 Å². The van der Waals surface area contributed by atoms with Gasteiger partial charge in [0.25, 0.3) is 0 Å².